The molecule has 0 aliphatic carbocycles. The molecule has 2 aromatic rings. The summed E-state index contributed by atoms with van der Waals surface area (Å²) >= 11 is 3.57. The summed E-state index contributed by atoms with van der Waals surface area (Å²) in [5, 5.41) is 3.84. The molecule has 0 radical (unpaired) electrons. The topological polar surface area (TPSA) is 12.0 Å². The highest BCUT2D eigenvalue weighted by molar-refractivity contribution is 9.10. The van der Waals surface area contributed by atoms with Gasteiger partial charge in [0, 0.05) is 16.6 Å². The van der Waals surface area contributed by atoms with Crippen molar-refractivity contribution in [1.82, 2.24) is 5.32 Å². The molecular formula is C19H24BrN. The summed E-state index contributed by atoms with van der Waals surface area (Å²) in [5.74, 6) is 0.550. The van der Waals surface area contributed by atoms with Crippen molar-refractivity contribution in [2.75, 3.05) is 0 Å². The normalized spacial score (nSPS) is 14.1. The predicted octanol–water partition coefficient (Wildman–Crippen LogP) is 5.89. The Morgan fingerprint density at radius 1 is 0.952 bits per heavy atom. The van der Waals surface area contributed by atoms with Crippen LogP contribution >= 0.6 is 15.9 Å². The molecule has 21 heavy (non-hydrogen) atoms. The molecule has 2 rings (SSSR count). The smallest absolute Gasteiger partial charge is 0.0348 e. The van der Waals surface area contributed by atoms with Crippen LogP contribution in [0.3, 0.4) is 0 Å². The first-order valence-corrected chi connectivity index (χ1v) is 8.47. The van der Waals surface area contributed by atoms with Gasteiger partial charge in [-0.15, -0.1) is 0 Å². The molecule has 2 unspecified atom stereocenters. The zero-order chi connectivity index (χ0) is 15.2. The van der Waals surface area contributed by atoms with Crippen molar-refractivity contribution in [3.05, 3.63) is 70.2 Å². The zero-order valence-corrected chi connectivity index (χ0v) is 14.6. The average Bonchev–Trinajstić information content (AvgIpc) is 2.49. The van der Waals surface area contributed by atoms with Gasteiger partial charge in [0.1, 0.15) is 0 Å². The Morgan fingerprint density at radius 3 is 2.19 bits per heavy atom. The molecule has 2 atom stereocenters. The van der Waals surface area contributed by atoms with E-state index in [-0.39, 0.29) is 0 Å². The third-order valence-corrected chi connectivity index (χ3v) is 4.36. The van der Waals surface area contributed by atoms with E-state index in [1.807, 2.05) is 0 Å². The molecular weight excluding hydrogens is 322 g/mol. The van der Waals surface area contributed by atoms with Crippen molar-refractivity contribution in [3.8, 4) is 0 Å². The van der Waals surface area contributed by atoms with Gasteiger partial charge in [-0.3, -0.25) is 0 Å². The molecule has 0 spiro atoms. The van der Waals surface area contributed by atoms with Crippen LogP contribution in [0.2, 0.25) is 0 Å². The molecule has 2 heteroatoms. The van der Waals surface area contributed by atoms with Crippen molar-refractivity contribution in [3.63, 3.8) is 0 Å². The first kappa shape index (κ1) is 16.3. The zero-order valence-electron chi connectivity index (χ0n) is 13.0. The highest BCUT2D eigenvalue weighted by atomic mass is 79.9. The Balaban J connectivity index is 2.22. The van der Waals surface area contributed by atoms with Gasteiger partial charge in [0.15, 0.2) is 0 Å². The quantitative estimate of drug-likeness (QED) is 0.688. The van der Waals surface area contributed by atoms with Crippen molar-refractivity contribution in [2.45, 2.75) is 39.3 Å². The monoisotopic (exact) mass is 345 g/mol. The van der Waals surface area contributed by atoms with Gasteiger partial charge in [-0.1, -0.05) is 79.2 Å². The lowest BCUT2D eigenvalue weighted by Gasteiger charge is -2.29. The highest BCUT2D eigenvalue weighted by Crippen LogP contribution is 2.28. The number of hydrogen-bond acceptors (Lipinski definition) is 1. The largest absolute Gasteiger partial charge is 0.303 e. The van der Waals surface area contributed by atoms with Crippen LogP contribution in [0.4, 0.5) is 0 Å². The predicted molar refractivity (Wildman–Crippen MR) is 94.3 cm³/mol. The van der Waals surface area contributed by atoms with E-state index < -0.39 is 0 Å². The van der Waals surface area contributed by atoms with Gasteiger partial charge in [-0.25, -0.2) is 0 Å². The summed E-state index contributed by atoms with van der Waals surface area (Å²) < 4.78 is 1.14. The molecule has 0 aliphatic heterocycles. The summed E-state index contributed by atoms with van der Waals surface area (Å²) in [6.45, 7) is 6.79. The molecule has 0 amide bonds. The second kappa shape index (κ2) is 7.77. The van der Waals surface area contributed by atoms with E-state index in [1.54, 1.807) is 0 Å². The highest BCUT2D eigenvalue weighted by Gasteiger charge is 2.20. The van der Waals surface area contributed by atoms with Gasteiger partial charge in [-0.05, 0) is 35.6 Å². The Hall–Kier alpha value is -1.12. The third-order valence-electron chi connectivity index (χ3n) is 3.87. The second-order valence-electron chi connectivity index (χ2n) is 5.81. The molecule has 0 aliphatic rings. The molecule has 2 aromatic carbocycles. The van der Waals surface area contributed by atoms with E-state index in [0.29, 0.717) is 18.0 Å². The third kappa shape index (κ3) is 4.42. The number of hydrogen-bond donors (Lipinski definition) is 1. The van der Waals surface area contributed by atoms with E-state index in [4.69, 9.17) is 0 Å². The van der Waals surface area contributed by atoms with E-state index in [0.717, 1.165) is 10.9 Å². The van der Waals surface area contributed by atoms with Crippen LogP contribution in [0, 0.1) is 5.92 Å². The number of benzene rings is 2. The maximum Gasteiger partial charge on any atom is 0.0348 e. The number of rotatable bonds is 6. The SMILES string of the molecule is CCC(NC(c1ccccc1)C(C)C)c1cccc(Br)c1. The van der Waals surface area contributed by atoms with Gasteiger partial charge in [0.25, 0.3) is 0 Å². The summed E-state index contributed by atoms with van der Waals surface area (Å²) in [6.07, 6.45) is 1.08. The van der Waals surface area contributed by atoms with Gasteiger partial charge in [-0.2, -0.15) is 0 Å². The Bertz CT molecular complexity index is 551. The fourth-order valence-electron chi connectivity index (χ4n) is 2.72. The average molecular weight is 346 g/mol. The van der Waals surface area contributed by atoms with E-state index in [1.165, 1.54) is 11.1 Å². The van der Waals surface area contributed by atoms with Crippen molar-refractivity contribution in [1.29, 1.82) is 0 Å². The van der Waals surface area contributed by atoms with Crippen LogP contribution in [0.5, 0.6) is 0 Å². The van der Waals surface area contributed by atoms with Gasteiger partial charge < -0.3 is 5.32 Å². The van der Waals surface area contributed by atoms with Crippen LogP contribution in [0.25, 0.3) is 0 Å². The van der Waals surface area contributed by atoms with Crippen LogP contribution in [-0.2, 0) is 0 Å². The molecule has 0 bridgehead atoms. The van der Waals surface area contributed by atoms with Crippen LogP contribution in [0.15, 0.2) is 59.1 Å². The lowest BCUT2D eigenvalue weighted by Crippen LogP contribution is -2.29. The summed E-state index contributed by atoms with van der Waals surface area (Å²) in [4.78, 5) is 0. The first-order valence-electron chi connectivity index (χ1n) is 7.68. The van der Waals surface area contributed by atoms with Gasteiger partial charge in [0.2, 0.25) is 0 Å². The summed E-state index contributed by atoms with van der Waals surface area (Å²) in [5.41, 5.74) is 2.70. The van der Waals surface area contributed by atoms with Gasteiger partial charge >= 0.3 is 0 Å². The molecule has 1 nitrogen and oxygen atoms in total. The van der Waals surface area contributed by atoms with Crippen molar-refractivity contribution < 1.29 is 0 Å². The summed E-state index contributed by atoms with van der Waals surface area (Å²) in [7, 11) is 0. The lowest BCUT2D eigenvalue weighted by molar-refractivity contribution is 0.357. The molecule has 0 saturated carbocycles. The van der Waals surface area contributed by atoms with E-state index in [9.17, 15) is 0 Å². The van der Waals surface area contributed by atoms with Crippen molar-refractivity contribution >= 4 is 15.9 Å². The molecule has 1 N–H and O–H groups in total. The van der Waals surface area contributed by atoms with Crippen LogP contribution in [0.1, 0.15) is 50.4 Å². The minimum atomic E-state index is 0.370. The molecule has 0 saturated heterocycles. The Kier molecular flexibility index (Phi) is 6.01. The second-order valence-corrected chi connectivity index (χ2v) is 6.73. The fourth-order valence-corrected chi connectivity index (χ4v) is 3.14. The van der Waals surface area contributed by atoms with Crippen LogP contribution in [-0.4, -0.2) is 0 Å². The first-order chi connectivity index (χ1) is 10.1. The molecule has 0 aromatic heterocycles. The minimum absolute atomic E-state index is 0.370. The molecule has 0 fully saturated rings. The Morgan fingerprint density at radius 2 is 1.62 bits per heavy atom. The summed E-state index contributed by atoms with van der Waals surface area (Å²) in [6, 6.07) is 20.1. The van der Waals surface area contributed by atoms with E-state index >= 15 is 0 Å². The van der Waals surface area contributed by atoms with Gasteiger partial charge in [0.05, 0.1) is 0 Å². The minimum Gasteiger partial charge on any atom is -0.303 e. The Labute approximate surface area is 136 Å². The van der Waals surface area contributed by atoms with Crippen LogP contribution < -0.4 is 5.32 Å². The molecule has 112 valence electrons. The number of halogens is 1. The molecule has 0 heterocycles. The van der Waals surface area contributed by atoms with Crippen molar-refractivity contribution in [2.24, 2.45) is 5.92 Å². The standard InChI is InChI=1S/C19H24BrN/c1-4-18(16-11-8-12-17(20)13-16)21-19(14(2)3)15-9-6-5-7-10-15/h5-14,18-19,21H,4H2,1-3H3. The number of nitrogens with one attached hydrogen (secondary N) is 1. The van der Waals surface area contributed by atoms with E-state index in [2.05, 4.69) is 96.6 Å². The fraction of sp³-hybridized carbons (Fsp3) is 0.368. The maximum atomic E-state index is 3.84. The lowest BCUT2D eigenvalue weighted by atomic mass is 9.93. The maximum absolute atomic E-state index is 3.84.